The van der Waals surface area contributed by atoms with Crippen LogP contribution in [0.2, 0.25) is 5.02 Å². The molecule has 0 aliphatic carbocycles. The van der Waals surface area contributed by atoms with Gasteiger partial charge >= 0.3 is 6.03 Å². The molecule has 1 aliphatic heterocycles. The van der Waals surface area contributed by atoms with E-state index in [2.05, 4.69) is 15.5 Å². The number of rotatable bonds is 6. The number of urea groups is 1. The molecule has 2 rings (SSSR count). The lowest BCUT2D eigenvalue weighted by Gasteiger charge is -2.28. The summed E-state index contributed by atoms with van der Waals surface area (Å²) in [5, 5.41) is 15.9. The van der Waals surface area contributed by atoms with Crippen LogP contribution < -0.4 is 15.4 Å². The normalized spacial score (nSPS) is 16.7. The van der Waals surface area contributed by atoms with Crippen LogP contribution in [0, 0.1) is 0 Å². The fraction of sp³-hybridized carbons (Fsp3) is 0.562. The first-order valence-corrected chi connectivity index (χ1v) is 8.25. The number of carbonyl (C=O) groups is 1. The number of likely N-dealkylation sites (tertiary alicyclic amines) is 1. The van der Waals surface area contributed by atoms with Crippen molar-refractivity contribution in [2.45, 2.75) is 25.4 Å². The molecule has 1 heterocycles. The van der Waals surface area contributed by atoms with Crippen molar-refractivity contribution in [2.75, 3.05) is 38.6 Å². The van der Waals surface area contributed by atoms with Crippen molar-refractivity contribution in [2.24, 2.45) is 0 Å². The van der Waals surface area contributed by atoms with Gasteiger partial charge in [-0.1, -0.05) is 18.0 Å². The number of nitrogens with zero attached hydrogens (tertiary/aromatic N) is 1. The van der Waals surface area contributed by atoms with Crippen LogP contribution in [0.15, 0.2) is 18.2 Å². The molecule has 0 spiro atoms. The third-order valence-electron chi connectivity index (χ3n) is 3.83. The number of halogens is 1. The summed E-state index contributed by atoms with van der Waals surface area (Å²) < 4.78 is 5.17. The van der Waals surface area contributed by atoms with E-state index in [1.807, 2.05) is 0 Å². The molecule has 0 saturated carbocycles. The summed E-state index contributed by atoms with van der Waals surface area (Å²) in [6.07, 6.45) is 3.03. The Labute approximate surface area is 141 Å². The Morgan fingerprint density at radius 3 is 2.83 bits per heavy atom. The Morgan fingerprint density at radius 1 is 1.39 bits per heavy atom. The molecule has 1 aromatic carbocycles. The monoisotopic (exact) mass is 341 g/mol. The van der Waals surface area contributed by atoms with E-state index in [-0.39, 0.29) is 6.54 Å². The zero-order chi connectivity index (χ0) is 16.7. The highest BCUT2D eigenvalue weighted by atomic mass is 35.5. The second kappa shape index (κ2) is 8.96. The van der Waals surface area contributed by atoms with Crippen LogP contribution in [0.3, 0.4) is 0 Å². The topological polar surface area (TPSA) is 73.8 Å². The van der Waals surface area contributed by atoms with Gasteiger partial charge in [-0.05, 0) is 44.1 Å². The highest BCUT2D eigenvalue weighted by molar-refractivity contribution is 6.31. The van der Waals surface area contributed by atoms with Gasteiger partial charge in [0.2, 0.25) is 0 Å². The summed E-state index contributed by atoms with van der Waals surface area (Å²) in [5.74, 6) is 0.526. The molecule has 7 heteroatoms. The summed E-state index contributed by atoms with van der Waals surface area (Å²) in [5.41, 5.74) is 0.489. The maximum absolute atomic E-state index is 11.9. The van der Waals surface area contributed by atoms with Crippen LogP contribution in [-0.4, -0.2) is 55.4 Å². The number of nitrogens with one attached hydrogen (secondary N) is 2. The van der Waals surface area contributed by atoms with Gasteiger partial charge in [0.25, 0.3) is 0 Å². The van der Waals surface area contributed by atoms with Gasteiger partial charge in [-0.15, -0.1) is 0 Å². The van der Waals surface area contributed by atoms with Gasteiger partial charge < -0.3 is 25.4 Å². The minimum Gasteiger partial charge on any atom is -0.495 e. The molecule has 6 nitrogen and oxygen atoms in total. The van der Waals surface area contributed by atoms with Crippen LogP contribution in [0.4, 0.5) is 10.5 Å². The average molecular weight is 342 g/mol. The first-order valence-electron chi connectivity index (χ1n) is 7.87. The maximum atomic E-state index is 11.9. The molecule has 2 amide bonds. The minimum absolute atomic E-state index is 0.200. The van der Waals surface area contributed by atoms with Crippen molar-refractivity contribution in [1.29, 1.82) is 0 Å². The highest BCUT2D eigenvalue weighted by Crippen LogP contribution is 2.27. The predicted octanol–water partition coefficient (Wildman–Crippen LogP) is 2.32. The van der Waals surface area contributed by atoms with Crippen LogP contribution in [0.1, 0.15) is 19.3 Å². The van der Waals surface area contributed by atoms with Gasteiger partial charge in [0.05, 0.1) is 18.9 Å². The molecular formula is C16H24ClN3O3. The number of aliphatic hydroxyl groups excluding tert-OH is 1. The third kappa shape index (κ3) is 5.89. The third-order valence-corrected chi connectivity index (χ3v) is 4.06. The Balaban J connectivity index is 1.77. The molecule has 23 heavy (non-hydrogen) atoms. The number of methoxy groups -OCH3 is 1. The summed E-state index contributed by atoms with van der Waals surface area (Å²) in [7, 11) is 1.52. The van der Waals surface area contributed by atoms with Gasteiger partial charge in [-0.25, -0.2) is 4.79 Å². The van der Waals surface area contributed by atoms with E-state index in [1.165, 1.54) is 26.4 Å². The Kier molecular flexibility index (Phi) is 6.95. The van der Waals surface area contributed by atoms with Crippen molar-refractivity contribution in [1.82, 2.24) is 10.2 Å². The van der Waals surface area contributed by atoms with Crippen molar-refractivity contribution in [3.8, 4) is 5.75 Å². The van der Waals surface area contributed by atoms with E-state index in [0.717, 1.165) is 13.1 Å². The van der Waals surface area contributed by atoms with Gasteiger partial charge in [0.15, 0.2) is 0 Å². The number of benzene rings is 1. The van der Waals surface area contributed by atoms with Crippen LogP contribution >= 0.6 is 11.6 Å². The minimum atomic E-state index is -0.583. The Morgan fingerprint density at radius 2 is 2.13 bits per heavy atom. The number of hydrogen-bond acceptors (Lipinski definition) is 4. The van der Waals surface area contributed by atoms with Gasteiger partial charge in [0.1, 0.15) is 5.75 Å². The Hall–Kier alpha value is -1.50. The zero-order valence-electron chi connectivity index (χ0n) is 13.3. The van der Waals surface area contributed by atoms with Crippen molar-refractivity contribution in [3.63, 3.8) is 0 Å². The predicted molar refractivity (Wildman–Crippen MR) is 91.3 cm³/mol. The van der Waals surface area contributed by atoms with E-state index in [4.69, 9.17) is 16.3 Å². The molecule has 3 N–H and O–H groups in total. The summed E-state index contributed by atoms with van der Waals surface area (Å²) >= 11 is 5.92. The lowest BCUT2D eigenvalue weighted by molar-refractivity contribution is 0.102. The zero-order valence-corrected chi connectivity index (χ0v) is 14.1. The number of β-amino-alcohol motifs (C(OH)–C–C–N with tert-alkyl or cyclic N) is 1. The number of hydrogen-bond donors (Lipinski definition) is 3. The lowest BCUT2D eigenvalue weighted by Crippen LogP contribution is -2.43. The molecule has 0 bridgehead atoms. The second-order valence-electron chi connectivity index (χ2n) is 5.69. The van der Waals surface area contributed by atoms with E-state index >= 15 is 0 Å². The van der Waals surface area contributed by atoms with E-state index in [0.29, 0.717) is 23.0 Å². The molecule has 1 fully saturated rings. The number of aliphatic hydroxyl groups is 1. The molecule has 0 unspecified atom stereocenters. The number of ether oxygens (including phenoxy) is 1. The van der Waals surface area contributed by atoms with Crippen molar-refractivity contribution >= 4 is 23.3 Å². The van der Waals surface area contributed by atoms with Gasteiger partial charge in [0, 0.05) is 18.1 Å². The second-order valence-corrected chi connectivity index (χ2v) is 6.13. The van der Waals surface area contributed by atoms with Crippen LogP contribution in [0.25, 0.3) is 0 Å². The molecule has 1 aliphatic rings. The van der Waals surface area contributed by atoms with Crippen LogP contribution in [0.5, 0.6) is 5.75 Å². The standard InChI is InChI=1S/C16H24ClN3O3/c1-23-15-6-5-12(17)9-14(15)19-16(22)18-10-13(21)11-20-7-3-2-4-8-20/h5-6,9,13,21H,2-4,7-8,10-11H2,1H3,(H2,18,19,22)/t13-/m1/s1. The average Bonchev–Trinajstić information content (AvgIpc) is 2.54. The van der Waals surface area contributed by atoms with E-state index in [9.17, 15) is 9.90 Å². The quantitative estimate of drug-likeness (QED) is 0.742. The SMILES string of the molecule is COc1ccc(Cl)cc1NC(=O)NC[C@@H](O)CN1CCCCC1. The number of anilines is 1. The maximum Gasteiger partial charge on any atom is 0.319 e. The fourth-order valence-electron chi connectivity index (χ4n) is 2.66. The lowest BCUT2D eigenvalue weighted by atomic mass is 10.1. The fourth-order valence-corrected chi connectivity index (χ4v) is 2.83. The number of amides is 2. The molecule has 0 radical (unpaired) electrons. The molecule has 128 valence electrons. The first kappa shape index (κ1) is 17.8. The van der Waals surface area contributed by atoms with Crippen molar-refractivity contribution in [3.05, 3.63) is 23.2 Å². The molecule has 1 aromatic rings. The molecule has 0 aromatic heterocycles. The molecular weight excluding hydrogens is 318 g/mol. The van der Waals surface area contributed by atoms with Gasteiger partial charge in [-0.2, -0.15) is 0 Å². The van der Waals surface area contributed by atoms with Crippen LogP contribution in [-0.2, 0) is 0 Å². The largest absolute Gasteiger partial charge is 0.495 e. The van der Waals surface area contributed by atoms with E-state index < -0.39 is 12.1 Å². The Bertz CT molecular complexity index is 521. The number of carbonyl (C=O) groups excluding carboxylic acids is 1. The highest BCUT2D eigenvalue weighted by Gasteiger charge is 2.15. The molecule has 1 atom stereocenters. The first-order chi connectivity index (χ1) is 11.1. The van der Waals surface area contributed by atoms with Gasteiger partial charge in [-0.3, -0.25) is 0 Å². The van der Waals surface area contributed by atoms with E-state index in [1.54, 1.807) is 18.2 Å². The summed E-state index contributed by atoms with van der Waals surface area (Å²) in [4.78, 5) is 14.2. The smallest absolute Gasteiger partial charge is 0.319 e. The summed E-state index contributed by atoms with van der Waals surface area (Å²) in [6, 6.07) is 4.59. The summed E-state index contributed by atoms with van der Waals surface area (Å²) in [6.45, 7) is 2.82. The molecule has 1 saturated heterocycles. The van der Waals surface area contributed by atoms with Crippen molar-refractivity contribution < 1.29 is 14.6 Å². The number of piperidine rings is 1.